The first-order valence-electron chi connectivity index (χ1n) is 9.86. The fourth-order valence-electron chi connectivity index (χ4n) is 4.07. The molecule has 1 aliphatic heterocycles. The van der Waals surface area contributed by atoms with E-state index < -0.39 is 27.9 Å². The quantitative estimate of drug-likeness (QED) is 0.722. The summed E-state index contributed by atoms with van der Waals surface area (Å²) in [5.41, 5.74) is 0.0655. The summed E-state index contributed by atoms with van der Waals surface area (Å²) in [6.45, 7) is 0.521. The van der Waals surface area contributed by atoms with Gasteiger partial charge in [0, 0.05) is 31.0 Å². The number of benzene rings is 1. The smallest absolute Gasteiger partial charge is 0.369 e. The molecule has 0 amide bonds. The van der Waals surface area contributed by atoms with E-state index in [4.69, 9.17) is 4.74 Å². The first-order chi connectivity index (χ1) is 14.3. The highest BCUT2D eigenvalue weighted by atomic mass is 32.2. The number of alkyl halides is 3. The van der Waals surface area contributed by atoms with Crippen molar-refractivity contribution in [3.8, 4) is 11.3 Å². The Bertz CT molecular complexity index is 1010. The zero-order valence-corrected chi connectivity index (χ0v) is 17.0. The van der Waals surface area contributed by atoms with Crippen molar-refractivity contribution in [3.63, 3.8) is 0 Å². The molecule has 2 aliphatic rings. The van der Waals surface area contributed by atoms with Crippen LogP contribution in [0.25, 0.3) is 11.3 Å². The summed E-state index contributed by atoms with van der Waals surface area (Å²) in [7, 11) is -3.45. The maximum Gasteiger partial charge on any atom is 0.416 e. The minimum atomic E-state index is -4.48. The number of sulfonamides is 1. The predicted octanol–water partition coefficient (Wildman–Crippen LogP) is 3.81. The Labute approximate surface area is 173 Å². The number of ether oxygens (including phenoxy) is 1. The second-order valence-corrected chi connectivity index (χ2v) is 9.75. The van der Waals surface area contributed by atoms with Crippen LogP contribution in [0, 0.1) is 0 Å². The maximum atomic E-state index is 13.1. The van der Waals surface area contributed by atoms with E-state index in [0.717, 1.165) is 25.0 Å². The standard InChI is InChI=1S/C20H22F3N3O3S/c21-20(22,23)15-5-3-4-14(12-15)18-19(25-9-8-24-18)17-13-26(10-11-29-17)30(27,28)16-6-1-2-7-16/h3-5,8-9,12,16-17H,1-2,6-7,10-11,13H2. The molecule has 4 rings (SSSR count). The Morgan fingerprint density at radius 3 is 2.57 bits per heavy atom. The van der Waals surface area contributed by atoms with Crippen molar-refractivity contribution in [2.24, 2.45) is 0 Å². The van der Waals surface area contributed by atoms with Crippen molar-refractivity contribution in [3.05, 3.63) is 47.9 Å². The second kappa shape index (κ2) is 8.24. The number of hydrogen-bond acceptors (Lipinski definition) is 5. The Kier molecular flexibility index (Phi) is 5.82. The topological polar surface area (TPSA) is 72.4 Å². The molecule has 1 saturated heterocycles. The molecule has 1 atom stereocenters. The van der Waals surface area contributed by atoms with Crippen molar-refractivity contribution in [2.45, 2.75) is 43.2 Å². The first kappa shape index (κ1) is 21.2. The molecule has 0 N–H and O–H groups in total. The maximum absolute atomic E-state index is 13.1. The monoisotopic (exact) mass is 441 g/mol. The van der Waals surface area contributed by atoms with Crippen molar-refractivity contribution in [1.29, 1.82) is 0 Å². The lowest BCUT2D eigenvalue weighted by Crippen LogP contribution is -2.46. The molecule has 1 aromatic heterocycles. The highest BCUT2D eigenvalue weighted by molar-refractivity contribution is 7.89. The number of nitrogens with zero attached hydrogens (tertiary/aromatic N) is 3. The van der Waals surface area contributed by atoms with Crippen LogP contribution >= 0.6 is 0 Å². The molecule has 10 heteroatoms. The minimum absolute atomic E-state index is 0.0729. The van der Waals surface area contributed by atoms with Gasteiger partial charge in [-0.1, -0.05) is 25.0 Å². The van der Waals surface area contributed by atoms with Gasteiger partial charge < -0.3 is 4.74 Å². The van der Waals surface area contributed by atoms with E-state index in [9.17, 15) is 21.6 Å². The van der Waals surface area contributed by atoms with E-state index in [1.165, 1.54) is 28.8 Å². The van der Waals surface area contributed by atoms with E-state index in [0.29, 0.717) is 18.5 Å². The average molecular weight is 441 g/mol. The largest absolute Gasteiger partial charge is 0.416 e. The summed E-state index contributed by atoms with van der Waals surface area (Å²) in [6, 6.07) is 4.85. The number of halogens is 3. The normalized spacial score (nSPS) is 21.8. The minimum Gasteiger partial charge on any atom is -0.369 e. The predicted molar refractivity (Wildman–Crippen MR) is 104 cm³/mol. The molecule has 0 spiro atoms. The average Bonchev–Trinajstić information content (AvgIpc) is 3.29. The summed E-state index contributed by atoms with van der Waals surface area (Å²) >= 11 is 0. The van der Waals surface area contributed by atoms with Crippen molar-refractivity contribution in [1.82, 2.24) is 14.3 Å². The zero-order chi connectivity index (χ0) is 21.4. The Morgan fingerprint density at radius 1 is 1.10 bits per heavy atom. The van der Waals surface area contributed by atoms with E-state index in [2.05, 4.69) is 9.97 Å². The lowest BCUT2D eigenvalue weighted by Gasteiger charge is -2.34. The Hall–Kier alpha value is -2.04. The SMILES string of the molecule is O=S(=O)(C1CCCC1)N1CCOC(c2nccnc2-c2cccc(C(F)(F)F)c2)C1. The van der Waals surface area contributed by atoms with Crippen LogP contribution in [0.4, 0.5) is 13.2 Å². The lowest BCUT2D eigenvalue weighted by molar-refractivity contribution is -0.137. The van der Waals surface area contributed by atoms with E-state index in [1.54, 1.807) is 0 Å². The van der Waals surface area contributed by atoms with Crippen molar-refractivity contribution < 1.29 is 26.3 Å². The van der Waals surface area contributed by atoms with Crippen LogP contribution in [0.5, 0.6) is 0 Å². The van der Waals surface area contributed by atoms with Gasteiger partial charge >= 0.3 is 6.18 Å². The molecule has 1 unspecified atom stereocenters. The van der Waals surface area contributed by atoms with Crippen LogP contribution in [-0.4, -0.2) is 47.6 Å². The van der Waals surface area contributed by atoms with Gasteiger partial charge in [0.2, 0.25) is 10.0 Å². The molecular formula is C20H22F3N3O3S. The Morgan fingerprint density at radius 2 is 1.83 bits per heavy atom. The fourth-order valence-corrected chi connectivity index (χ4v) is 6.09. The molecule has 2 heterocycles. The fraction of sp³-hybridized carbons (Fsp3) is 0.500. The molecule has 1 saturated carbocycles. The third kappa shape index (κ3) is 4.21. The van der Waals surface area contributed by atoms with Gasteiger partial charge in [-0.15, -0.1) is 0 Å². The van der Waals surface area contributed by atoms with Crippen molar-refractivity contribution >= 4 is 10.0 Å². The van der Waals surface area contributed by atoms with E-state index >= 15 is 0 Å². The summed E-state index contributed by atoms with van der Waals surface area (Å²) in [5, 5.41) is -0.374. The number of morpholine rings is 1. The van der Waals surface area contributed by atoms with Crippen LogP contribution in [0.1, 0.15) is 43.0 Å². The molecule has 6 nitrogen and oxygen atoms in total. The molecule has 0 radical (unpaired) electrons. The summed E-state index contributed by atoms with van der Waals surface area (Å²) in [6.07, 6.45) is 0.772. The molecule has 30 heavy (non-hydrogen) atoms. The molecule has 2 fully saturated rings. The highest BCUT2D eigenvalue weighted by Crippen LogP contribution is 2.35. The van der Waals surface area contributed by atoms with E-state index in [1.807, 2.05) is 0 Å². The highest BCUT2D eigenvalue weighted by Gasteiger charge is 2.38. The van der Waals surface area contributed by atoms with Gasteiger partial charge in [0.25, 0.3) is 0 Å². The Balaban J connectivity index is 1.64. The molecule has 0 bridgehead atoms. The van der Waals surface area contributed by atoms with Gasteiger partial charge in [-0.2, -0.15) is 17.5 Å². The third-order valence-corrected chi connectivity index (χ3v) is 7.97. The van der Waals surface area contributed by atoms with Crippen molar-refractivity contribution in [2.75, 3.05) is 19.7 Å². The van der Waals surface area contributed by atoms with E-state index in [-0.39, 0.29) is 36.2 Å². The van der Waals surface area contributed by atoms with Crippen LogP contribution in [-0.2, 0) is 20.9 Å². The lowest BCUT2D eigenvalue weighted by atomic mass is 10.0. The van der Waals surface area contributed by atoms with Crippen LogP contribution in [0.2, 0.25) is 0 Å². The van der Waals surface area contributed by atoms with Crippen LogP contribution in [0.3, 0.4) is 0 Å². The van der Waals surface area contributed by atoms with Gasteiger partial charge in [0.1, 0.15) is 6.10 Å². The molecule has 162 valence electrons. The number of rotatable bonds is 4. The third-order valence-electron chi connectivity index (χ3n) is 5.61. The number of hydrogen-bond donors (Lipinski definition) is 0. The molecular weight excluding hydrogens is 419 g/mol. The molecule has 1 aromatic carbocycles. The molecule has 2 aromatic rings. The summed E-state index contributed by atoms with van der Waals surface area (Å²) in [5.74, 6) is 0. The number of aromatic nitrogens is 2. The second-order valence-electron chi connectivity index (χ2n) is 7.54. The van der Waals surface area contributed by atoms with Gasteiger partial charge in [0.05, 0.1) is 28.8 Å². The van der Waals surface area contributed by atoms with Crippen LogP contribution in [0.15, 0.2) is 36.7 Å². The van der Waals surface area contributed by atoms with Crippen LogP contribution < -0.4 is 0 Å². The molecule has 1 aliphatic carbocycles. The van der Waals surface area contributed by atoms with Gasteiger partial charge in [-0.3, -0.25) is 9.97 Å². The van der Waals surface area contributed by atoms with Gasteiger partial charge in [0.15, 0.2) is 0 Å². The van der Waals surface area contributed by atoms with Gasteiger partial charge in [-0.25, -0.2) is 8.42 Å². The zero-order valence-electron chi connectivity index (χ0n) is 16.2. The summed E-state index contributed by atoms with van der Waals surface area (Å²) < 4.78 is 72.6. The summed E-state index contributed by atoms with van der Waals surface area (Å²) in [4.78, 5) is 8.53. The van der Waals surface area contributed by atoms with Gasteiger partial charge in [-0.05, 0) is 25.0 Å². The first-order valence-corrected chi connectivity index (χ1v) is 11.4.